The minimum absolute atomic E-state index is 0.0131. The van der Waals surface area contributed by atoms with Gasteiger partial charge in [-0.2, -0.15) is 0 Å². The molecule has 0 saturated heterocycles. The molecule has 0 aliphatic rings. The van der Waals surface area contributed by atoms with Crippen LogP contribution in [0.5, 0.6) is 0 Å². The number of Topliss-reactive ketones (excluding diaryl/α,β-unsaturated/α-hetero) is 1. The fraction of sp³-hybridized carbons (Fsp3) is 0.400. The van der Waals surface area contributed by atoms with Gasteiger partial charge >= 0.3 is 0 Å². The lowest BCUT2D eigenvalue weighted by Gasteiger charge is -2.17. The molecule has 0 bridgehead atoms. The molecular formula is C20H25NO2S2. The molecule has 5 heteroatoms. The Morgan fingerprint density at radius 3 is 2.48 bits per heavy atom. The molecule has 0 unspecified atom stereocenters. The Kier molecular flexibility index (Phi) is 6.47. The summed E-state index contributed by atoms with van der Waals surface area (Å²) in [6, 6.07) is 10.1. The van der Waals surface area contributed by atoms with Crippen molar-refractivity contribution in [2.24, 2.45) is 5.41 Å². The first-order valence-corrected chi connectivity index (χ1v) is 10.1. The van der Waals surface area contributed by atoms with Crippen molar-refractivity contribution in [3.63, 3.8) is 0 Å². The molecule has 134 valence electrons. The molecule has 2 aromatic rings. The summed E-state index contributed by atoms with van der Waals surface area (Å²) in [7, 11) is 0. The first-order valence-electron chi connectivity index (χ1n) is 8.27. The number of aryl methyl sites for hydroxylation is 2. The van der Waals surface area contributed by atoms with E-state index in [1.54, 1.807) is 11.8 Å². The average Bonchev–Trinajstić information content (AvgIpc) is 2.99. The van der Waals surface area contributed by atoms with Crippen molar-refractivity contribution in [1.29, 1.82) is 0 Å². The van der Waals surface area contributed by atoms with E-state index in [1.165, 1.54) is 22.5 Å². The molecule has 1 aromatic heterocycles. The van der Waals surface area contributed by atoms with E-state index in [0.29, 0.717) is 12.3 Å². The summed E-state index contributed by atoms with van der Waals surface area (Å²) in [5, 5.41) is 2.92. The van der Waals surface area contributed by atoms with E-state index in [4.69, 9.17) is 0 Å². The number of hydrogen-bond donors (Lipinski definition) is 1. The van der Waals surface area contributed by atoms with Gasteiger partial charge < -0.3 is 5.32 Å². The fourth-order valence-corrected chi connectivity index (χ4v) is 4.10. The first kappa shape index (κ1) is 19.7. The number of rotatable bonds is 6. The number of nitrogens with one attached hydrogen (secondary N) is 1. The Morgan fingerprint density at radius 1 is 1.12 bits per heavy atom. The summed E-state index contributed by atoms with van der Waals surface area (Å²) in [6.45, 7) is 10.3. The van der Waals surface area contributed by atoms with Crippen LogP contribution in [0.2, 0.25) is 0 Å². The van der Waals surface area contributed by atoms with E-state index in [-0.39, 0.29) is 11.7 Å². The second-order valence-corrected chi connectivity index (χ2v) is 9.36. The monoisotopic (exact) mass is 375 g/mol. The maximum absolute atomic E-state index is 12.4. The SMILES string of the molecule is Cc1ccc(SCC(=O)c2ccc(CNC(=O)C(C)(C)C)s2)c(C)c1. The van der Waals surface area contributed by atoms with Crippen molar-refractivity contribution in [3.8, 4) is 0 Å². The minimum Gasteiger partial charge on any atom is -0.351 e. The van der Waals surface area contributed by atoms with Crippen LogP contribution in [0, 0.1) is 19.3 Å². The van der Waals surface area contributed by atoms with E-state index in [2.05, 4.69) is 37.4 Å². The molecule has 1 N–H and O–H groups in total. The van der Waals surface area contributed by atoms with E-state index in [9.17, 15) is 9.59 Å². The van der Waals surface area contributed by atoms with Crippen LogP contribution in [-0.4, -0.2) is 17.4 Å². The molecule has 0 saturated carbocycles. The smallest absolute Gasteiger partial charge is 0.225 e. The quantitative estimate of drug-likeness (QED) is 0.571. The molecule has 25 heavy (non-hydrogen) atoms. The summed E-state index contributed by atoms with van der Waals surface area (Å²) in [6.07, 6.45) is 0. The van der Waals surface area contributed by atoms with Gasteiger partial charge in [0.05, 0.1) is 17.2 Å². The van der Waals surface area contributed by atoms with Gasteiger partial charge in [-0.1, -0.05) is 38.5 Å². The van der Waals surface area contributed by atoms with E-state index in [1.807, 2.05) is 32.9 Å². The lowest BCUT2D eigenvalue weighted by molar-refractivity contribution is -0.128. The molecule has 0 radical (unpaired) electrons. The molecule has 0 atom stereocenters. The van der Waals surface area contributed by atoms with Crippen molar-refractivity contribution in [2.75, 3.05) is 5.75 Å². The summed E-state index contributed by atoms with van der Waals surface area (Å²) in [5.41, 5.74) is 2.03. The number of carbonyl (C=O) groups is 2. The predicted octanol–water partition coefficient (Wildman–Crippen LogP) is 5.00. The van der Waals surface area contributed by atoms with Gasteiger partial charge in [-0.05, 0) is 37.6 Å². The summed E-state index contributed by atoms with van der Waals surface area (Å²) >= 11 is 3.03. The van der Waals surface area contributed by atoms with Crippen molar-refractivity contribution in [3.05, 3.63) is 51.2 Å². The normalized spacial score (nSPS) is 11.4. The van der Waals surface area contributed by atoms with Gasteiger partial charge in [0, 0.05) is 15.2 Å². The zero-order chi connectivity index (χ0) is 18.6. The van der Waals surface area contributed by atoms with Crippen LogP contribution in [0.4, 0.5) is 0 Å². The second kappa shape index (κ2) is 8.19. The highest BCUT2D eigenvalue weighted by Crippen LogP contribution is 2.26. The van der Waals surface area contributed by atoms with Gasteiger partial charge in [-0.15, -0.1) is 23.1 Å². The Balaban J connectivity index is 1.90. The first-order chi connectivity index (χ1) is 11.7. The molecule has 2 rings (SSSR count). The van der Waals surface area contributed by atoms with Crippen LogP contribution < -0.4 is 5.32 Å². The fourth-order valence-electron chi connectivity index (χ4n) is 2.23. The zero-order valence-corrected chi connectivity index (χ0v) is 17.1. The van der Waals surface area contributed by atoms with Crippen LogP contribution in [0.15, 0.2) is 35.2 Å². The van der Waals surface area contributed by atoms with E-state index < -0.39 is 5.41 Å². The zero-order valence-electron chi connectivity index (χ0n) is 15.4. The standard InChI is InChI=1S/C20H25NO2S2/c1-13-6-8-17(14(2)10-13)24-12-16(22)18-9-7-15(25-18)11-21-19(23)20(3,4)5/h6-10H,11-12H2,1-5H3,(H,21,23). The number of ketones is 1. The predicted molar refractivity (Wildman–Crippen MR) is 107 cm³/mol. The van der Waals surface area contributed by atoms with Crippen LogP contribution >= 0.6 is 23.1 Å². The lowest BCUT2D eigenvalue weighted by Crippen LogP contribution is -2.34. The van der Waals surface area contributed by atoms with Crippen LogP contribution in [-0.2, 0) is 11.3 Å². The van der Waals surface area contributed by atoms with E-state index >= 15 is 0 Å². The van der Waals surface area contributed by atoms with Crippen LogP contribution in [0.1, 0.15) is 46.4 Å². The molecule has 3 nitrogen and oxygen atoms in total. The highest BCUT2D eigenvalue weighted by Gasteiger charge is 2.21. The molecule has 0 aliphatic heterocycles. The number of carbonyl (C=O) groups excluding carboxylic acids is 2. The highest BCUT2D eigenvalue weighted by molar-refractivity contribution is 8.00. The van der Waals surface area contributed by atoms with Crippen LogP contribution in [0.3, 0.4) is 0 Å². The largest absolute Gasteiger partial charge is 0.351 e. The summed E-state index contributed by atoms with van der Waals surface area (Å²) < 4.78 is 0. The molecule has 1 amide bonds. The molecular weight excluding hydrogens is 350 g/mol. The van der Waals surface area contributed by atoms with Gasteiger partial charge in [-0.3, -0.25) is 9.59 Å². The van der Waals surface area contributed by atoms with Gasteiger partial charge in [-0.25, -0.2) is 0 Å². The third kappa shape index (κ3) is 5.72. The highest BCUT2D eigenvalue weighted by atomic mass is 32.2. The average molecular weight is 376 g/mol. The van der Waals surface area contributed by atoms with Gasteiger partial charge in [0.25, 0.3) is 0 Å². The lowest BCUT2D eigenvalue weighted by atomic mass is 9.96. The van der Waals surface area contributed by atoms with Crippen molar-refractivity contribution >= 4 is 34.8 Å². The van der Waals surface area contributed by atoms with Crippen LogP contribution in [0.25, 0.3) is 0 Å². The minimum atomic E-state index is -0.404. The maximum atomic E-state index is 12.4. The Bertz CT molecular complexity index is 772. The molecule has 0 aliphatic carbocycles. The molecule has 0 spiro atoms. The van der Waals surface area contributed by atoms with Crippen molar-refractivity contribution in [2.45, 2.75) is 46.1 Å². The van der Waals surface area contributed by atoms with Crippen molar-refractivity contribution < 1.29 is 9.59 Å². The molecule has 1 heterocycles. The maximum Gasteiger partial charge on any atom is 0.225 e. The Labute approximate surface area is 158 Å². The van der Waals surface area contributed by atoms with Gasteiger partial charge in [0.2, 0.25) is 5.91 Å². The van der Waals surface area contributed by atoms with E-state index in [0.717, 1.165) is 14.6 Å². The second-order valence-electron chi connectivity index (χ2n) is 7.18. The molecule has 0 fully saturated rings. The molecule has 1 aromatic carbocycles. The topological polar surface area (TPSA) is 46.2 Å². The summed E-state index contributed by atoms with van der Waals surface area (Å²) in [4.78, 5) is 27.2. The third-order valence-corrected chi connectivity index (χ3v) is 6.03. The van der Waals surface area contributed by atoms with Gasteiger partial charge in [0.15, 0.2) is 5.78 Å². The third-order valence-electron chi connectivity index (χ3n) is 3.73. The number of amides is 1. The Hall–Kier alpha value is -1.59. The summed E-state index contributed by atoms with van der Waals surface area (Å²) in [5.74, 6) is 0.570. The van der Waals surface area contributed by atoms with Gasteiger partial charge in [0.1, 0.15) is 0 Å². The number of thiophene rings is 1. The Morgan fingerprint density at radius 2 is 1.84 bits per heavy atom. The van der Waals surface area contributed by atoms with Crippen molar-refractivity contribution in [1.82, 2.24) is 5.32 Å². The number of hydrogen-bond acceptors (Lipinski definition) is 4. The number of thioether (sulfide) groups is 1. The number of benzene rings is 1.